The fraction of sp³-hybridized carbons (Fsp3) is 0.360. The number of H-pyrrole nitrogens is 1. The molecule has 0 aliphatic carbocycles. The number of nitrogens with one attached hydrogen (secondary N) is 1. The summed E-state index contributed by atoms with van der Waals surface area (Å²) in [5.41, 5.74) is 3.11. The van der Waals surface area contributed by atoms with Crippen LogP contribution in [0.2, 0.25) is 0 Å². The molecule has 3 aromatic rings. The number of benzene rings is 2. The van der Waals surface area contributed by atoms with E-state index in [4.69, 9.17) is 4.98 Å². The summed E-state index contributed by atoms with van der Waals surface area (Å²) in [5.74, 6) is 0.683. The molecule has 2 N–H and O–H groups in total. The molecule has 0 saturated carbocycles. The van der Waals surface area contributed by atoms with Crippen molar-refractivity contribution in [1.29, 1.82) is 0 Å². The highest BCUT2D eigenvalue weighted by Gasteiger charge is 2.29. The van der Waals surface area contributed by atoms with Gasteiger partial charge in [0.1, 0.15) is 5.82 Å². The number of aromatic amines is 1. The second-order valence-corrected chi connectivity index (χ2v) is 9.63. The van der Waals surface area contributed by atoms with Crippen LogP contribution in [-0.4, -0.2) is 26.1 Å². The highest BCUT2D eigenvalue weighted by atomic mass is 79.9. The van der Waals surface area contributed by atoms with Crippen LogP contribution >= 0.6 is 15.9 Å². The van der Waals surface area contributed by atoms with Crippen LogP contribution < -0.4 is 0 Å². The summed E-state index contributed by atoms with van der Waals surface area (Å²) in [5, 5.41) is 10.1. The first-order valence-electron chi connectivity index (χ1n) is 10.6. The van der Waals surface area contributed by atoms with Crippen molar-refractivity contribution < 1.29 is 9.90 Å². The molecule has 1 atom stereocenters. The van der Waals surface area contributed by atoms with Crippen molar-refractivity contribution in [2.45, 2.75) is 52.6 Å². The molecule has 1 heterocycles. The number of carboxylic acid groups (broad SMARTS) is 1. The monoisotopic (exact) mass is 483 g/mol. The topological polar surface area (TPSA) is 69.2 Å². The molecule has 3 rings (SSSR count). The number of amides is 1. The highest BCUT2D eigenvalue weighted by Crippen LogP contribution is 2.29. The number of imidazole rings is 1. The zero-order valence-electron chi connectivity index (χ0n) is 18.3. The van der Waals surface area contributed by atoms with Crippen LogP contribution in [0, 0.1) is 5.41 Å². The number of nitrogens with zero attached hydrogens (tertiary/aromatic N) is 2. The SMILES string of the molecule is CCC(C)(C)Cc1c[nH]c(C(Cc2ccc(Br)cc2)N(Cc2ccccc2)C(=O)O)n1. The smallest absolute Gasteiger partial charge is 0.408 e. The Kier molecular flexibility index (Phi) is 7.55. The van der Waals surface area contributed by atoms with Gasteiger partial charge in [-0.05, 0) is 35.1 Å². The molecule has 0 fully saturated rings. The molecular formula is C25H30BrN3O2. The summed E-state index contributed by atoms with van der Waals surface area (Å²) in [7, 11) is 0. The maximum atomic E-state index is 12.3. The summed E-state index contributed by atoms with van der Waals surface area (Å²) < 4.78 is 0.995. The van der Waals surface area contributed by atoms with Crippen LogP contribution in [0.4, 0.5) is 4.79 Å². The van der Waals surface area contributed by atoms with Crippen molar-refractivity contribution >= 4 is 22.0 Å². The fourth-order valence-corrected chi connectivity index (χ4v) is 3.81. The fourth-order valence-electron chi connectivity index (χ4n) is 3.54. The lowest BCUT2D eigenvalue weighted by atomic mass is 9.85. The standard InChI is InChI=1S/C25H30BrN3O2/c1-4-25(2,3)15-21-16-27-23(28-21)22(14-18-10-12-20(26)13-11-18)29(24(30)31)17-19-8-6-5-7-9-19/h5-13,16,22H,4,14-15,17H2,1-3H3,(H,27,28)(H,30,31). The van der Waals surface area contributed by atoms with E-state index in [1.165, 1.54) is 4.90 Å². The van der Waals surface area contributed by atoms with Gasteiger partial charge in [0.2, 0.25) is 0 Å². The minimum absolute atomic E-state index is 0.143. The Morgan fingerprint density at radius 3 is 2.42 bits per heavy atom. The van der Waals surface area contributed by atoms with Crippen molar-refractivity contribution in [3.8, 4) is 0 Å². The molecule has 31 heavy (non-hydrogen) atoms. The number of hydrogen-bond acceptors (Lipinski definition) is 2. The second-order valence-electron chi connectivity index (χ2n) is 8.71. The van der Waals surface area contributed by atoms with E-state index in [0.717, 1.165) is 34.1 Å². The summed E-state index contributed by atoms with van der Waals surface area (Å²) in [6, 6.07) is 17.3. The maximum absolute atomic E-state index is 12.3. The van der Waals surface area contributed by atoms with Gasteiger partial charge in [0.25, 0.3) is 0 Å². The van der Waals surface area contributed by atoms with E-state index in [0.29, 0.717) is 18.8 Å². The quantitative estimate of drug-likeness (QED) is 0.359. The molecule has 0 bridgehead atoms. The predicted octanol–water partition coefficient (Wildman–Crippen LogP) is 6.61. The summed E-state index contributed by atoms with van der Waals surface area (Å²) >= 11 is 3.47. The molecule has 164 valence electrons. The van der Waals surface area contributed by atoms with Gasteiger partial charge in [-0.15, -0.1) is 0 Å². The first kappa shape index (κ1) is 23.1. The van der Waals surface area contributed by atoms with Crippen LogP contribution in [0.3, 0.4) is 0 Å². The number of hydrogen-bond donors (Lipinski definition) is 2. The molecule has 1 amide bonds. The van der Waals surface area contributed by atoms with Gasteiger partial charge in [0, 0.05) is 23.6 Å². The Labute approximate surface area is 192 Å². The molecule has 0 saturated heterocycles. The summed E-state index contributed by atoms with van der Waals surface area (Å²) in [6.45, 7) is 6.92. The highest BCUT2D eigenvalue weighted by molar-refractivity contribution is 9.10. The van der Waals surface area contributed by atoms with E-state index in [2.05, 4.69) is 41.7 Å². The third-order valence-electron chi connectivity index (χ3n) is 5.74. The Hall–Kier alpha value is -2.60. The van der Waals surface area contributed by atoms with Crippen molar-refractivity contribution in [2.24, 2.45) is 5.41 Å². The number of rotatable bonds is 9. The van der Waals surface area contributed by atoms with Gasteiger partial charge in [-0.3, -0.25) is 4.90 Å². The first-order valence-corrected chi connectivity index (χ1v) is 11.4. The van der Waals surface area contributed by atoms with E-state index in [9.17, 15) is 9.90 Å². The first-order chi connectivity index (χ1) is 14.8. The minimum Gasteiger partial charge on any atom is -0.465 e. The van der Waals surface area contributed by atoms with E-state index in [1.54, 1.807) is 0 Å². The van der Waals surface area contributed by atoms with Gasteiger partial charge in [0.05, 0.1) is 11.7 Å². The minimum atomic E-state index is -0.960. The molecule has 0 spiro atoms. The van der Waals surface area contributed by atoms with Gasteiger partial charge < -0.3 is 10.1 Å². The number of halogens is 1. The van der Waals surface area contributed by atoms with Crippen LogP contribution in [-0.2, 0) is 19.4 Å². The summed E-state index contributed by atoms with van der Waals surface area (Å²) in [6.07, 6.45) is 3.39. The molecule has 1 aromatic heterocycles. The van der Waals surface area contributed by atoms with Crippen LogP contribution in [0.25, 0.3) is 0 Å². The van der Waals surface area contributed by atoms with Crippen LogP contribution in [0.15, 0.2) is 65.3 Å². The molecule has 2 aromatic carbocycles. The Morgan fingerprint density at radius 2 is 1.81 bits per heavy atom. The normalized spacial score (nSPS) is 12.5. The molecule has 0 aliphatic rings. The van der Waals surface area contributed by atoms with E-state index in [1.807, 2.05) is 60.8 Å². The Balaban J connectivity index is 1.94. The third-order valence-corrected chi connectivity index (χ3v) is 6.27. The maximum Gasteiger partial charge on any atom is 0.408 e. The second kappa shape index (κ2) is 10.1. The largest absolute Gasteiger partial charge is 0.465 e. The lowest BCUT2D eigenvalue weighted by Gasteiger charge is -2.28. The summed E-state index contributed by atoms with van der Waals surface area (Å²) in [4.78, 5) is 21.9. The van der Waals surface area contributed by atoms with Crippen molar-refractivity contribution in [2.75, 3.05) is 0 Å². The average Bonchev–Trinajstić information content (AvgIpc) is 3.20. The van der Waals surface area contributed by atoms with Gasteiger partial charge >= 0.3 is 6.09 Å². The van der Waals surface area contributed by atoms with E-state index in [-0.39, 0.29) is 5.41 Å². The van der Waals surface area contributed by atoms with Gasteiger partial charge in [-0.25, -0.2) is 9.78 Å². The van der Waals surface area contributed by atoms with Crippen LogP contribution in [0.5, 0.6) is 0 Å². The molecule has 6 heteroatoms. The number of carbonyl (C=O) groups is 1. The Morgan fingerprint density at radius 1 is 1.13 bits per heavy atom. The molecular weight excluding hydrogens is 454 g/mol. The zero-order chi connectivity index (χ0) is 22.4. The van der Waals surface area contributed by atoms with Gasteiger partial charge in [-0.1, -0.05) is 85.6 Å². The zero-order valence-corrected chi connectivity index (χ0v) is 19.9. The van der Waals surface area contributed by atoms with Crippen molar-refractivity contribution in [3.05, 3.63) is 87.9 Å². The predicted molar refractivity (Wildman–Crippen MR) is 127 cm³/mol. The van der Waals surface area contributed by atoms with Gasteiger partial charge in [-0.2, -0.15) is 0 Å². The Bertz CT molecular complexity index is 984. The molecule has 5 nitrogen and oxygen atoms in total. The van der Waals surface area contributed by atoms with Gasteiger partial charge in [0.15, 0.2) is 0 Å². The lowest BCUT2D eigenvalue weighted by Crippen LogP contribution is -2.35. The van der Waals surface area contributed by atoms with Crippen molar-refractivity contribution in [3.63, 3.8) is 0 Å². The van der Waals surface area contributed by atoms with Crippen molar-refractivity contribution in [1.82, 2.24) is 14.9 Å². The van der Waals surface area contributed by atoms with E-state index >= 15 is 0 Å². The number of aromatic nitrogens is 2. The lowest BCUT2D eigenvalue weighted by molar-refractivity contribution is 0.117. The molecule has 1 unspecified atom stereocenters. The molecule has 0 aliphatic heterocycles. The van der Waals surface area contributed by atoms with Crippen LogP contribution in [0.1, 0.15) is 55.9 Å². The average molecular weight is 484 g/mol. The third kappa shape index (κ3) is 6.44. The molecule has 0 radical (unpaired) electrons. The van der Waals surface area contributed by atoms with E-state index < -0.39 is 12.1 Å².